The van der Waals surface area contributed by atoms with Crippen LogP contribution in [0.1, 0.15) is 47.1 Å². The number of rotatable bonds is 2. The maximum Gasteiger partial charge on any atom is 0.427 e. The Balaban J connectivity index is 2.17. The Hall–Kier alpha value is -3.27. The topological polar surface area (TPSA) is 99.4 Å². The number of carbonyl (C=O) groups excluding carboxylic acids is 2. The van der Waals surface area contributed by atoms with E-state index in [1.807, 2.05) is 0 Å². The van der Waals surface area contributed by atoms with Crippen LogP contribution in [0.4, 0.5) is 19.9 Å². The van der Waals surface area contributed by atoms with Gasteiger partial charge in [0.05, 0.1) is 0 Å². The summed E-state index contributed by atoms with van der Waals surface area (Å²) in [5.41, 5.74) is -0.405. The van der Waals surface area contributed by atoms with Crippen molar-refractivity contribution >= 4 is 40.9 Å². The molecule has 0 spiro atoms. The molecule has 3 aromatic rings. The van der Waals surface area contributed by atoms with Gasteiger partial charge in [-0.15, -0.1) is 4.90 Å². The molecule has 0 aliphatic heterocycles. The number of ether oxygens (including phenoxy) is 2. The number of imide groups is 1. The quantitative estimate of drug-likeness (QED) is 0.443. The molecule has 0 bridgehead atoms. The van der Waals surface area contributed by atoms with Crippen LogP contribution in [0.3, 0.4) is 0 Å². The third-order valence-electron chi connectivity index (χ3n) is 4.11. The fraction of sp³-hybridized carbons (Fsp3) is 0.409. The molecule has 1 aromatic carbocycles. The first kappa shape index (κ1) is 24.4. The van der Waals surface area contributed by atoms with Crippen molar-refractivity contribution < 1.29 is 23.5 Å². The third-order valence-corrected chi connectivity index (χ3v) is 4.38. The van der Waals surface area contributed by atoms with Gasteiger partial charge in [-0.2, -0.15) is 9.97 Å². The minimum absolute atomic E-state index is 0.0929. The average molecular weight is 478 g/mol. The summed E-state index contributed by atoms with van der Waals surface area (Å²) in [4.78, 5) is 39.1. The number of imidazole rings is 1. The fourth-order valence-electron chi connectivity index (χ4n) is 2.78. The third kappa shape index (κ3) is 5.57. The summed E-state index contributed by atoms with van der Waals surface area (Å²) in [7, 11) is 0. The van der Waals surface area contributed by atoms with Gasteiger partial charge in [0.2, 0.25) is 5.95 Å². The van der Waals surface area contributed by atoms with E-state index in [0.29, 0.717) is 16.2 Å². The summed E-state index contributed by atoms with van der Waals surface area (Å²) < 4.78 is 26.0. The van der Waals surface area contributed by atoms with Crippen molar-refractivity contribution in [3.05, 3.63) is 41.1 Å². The molecule has 0 saturated heterocycles. The van der Waals surface area contributed by atoms with Crippen LogP contribution >= 0.6 is 11.6 Å². The van der Waals surface area contributed by atoms with Gasteiger partial charge < -0.3 is 9.47 Å². The zero-order valence-corrected chi connectivity index (χ0v) is 20.2. The van der Waals surface area contributed by atoms with Gasteiger partial charge in [0.25, 0.3) is 0 Å². The molecule has 0 N–H and O–H groups in total. The summed E-state index contributed by atoms with van der Waals surface area (Å²) in [6, 6.07) is 4.46. The van der Waals surface area contributed by atoms with Crippen molar-refractivity contribution in [3.63, 3.8) is 0 Å². The second-order valence-corrected chi connectivity index (χ2v) is 9.69. The predicted molar refractivity (Wildman–Crippen MR) is 121 cm³/mol. The molecule has 2 aromatic heterocycles. The number of aromatic nitrogens is 4. The highest BCUT2D eigenvalue weighted by Crippen LogP contribution is 2.27. The molecule has 33 heavy (non-hydrogen) atoms. The lowest BCUT2D eigenvalue weighted by molar-refractivity contribution is 0.0427. The van der Waals surface area contributed by atoms with Crippen LogP contribution in [-0.2, 0) is 9.47 Å². The lowest BCUT2D eigenvalue weighted by Crippen LogP contribution is -2.44. The Morgan fingerprint density at radius 2 is 1.61 bits per heavy atom. The number of amides is 2. The van der Waals surface area contributed by atoms with E-state index in [9.17, 15) is 14.0 Å². The summed E-state index contributed by atoms with van der Waals surface area (Å²) in [6.07, 6.45) is -0.626. The number of hydrogen-bond acceptors (Lipinski definition) is 7. The van der Waals surface area contributed by atoms with Crippen LogP contribution in [0, 0.1) is 12.7 Å². The summed E-state index contributed by atoms with van der Waals surface area (Å²) in [6.45, 7) is 11.5. The van der Waals surface area contributed by atoms with Gasteiger partial charge in [0.15, 0.2) is 10.8 Å². The lowest BCUT2D eigenvalue weighted by atomic mass is 10.2. The van der Waals surface area contributed by atoms with E-state index in [0.717, 1.165) is 0 Å². The number of halogens is 2. The van der Waals surface area contributed by atoms with Crippen LogP contribution in [0.5, 0.6) is 0 Å². The van der Waals surface area contributed by atoms with Gasteiger partial charge in [-0.3, -0.25) is 4.57 Å². The highest BCUT2D eigenvalue weighted by atomic mass is 35.5. The van der Waals surface area contributed by atoms with Crippen molar-refractivity contribution in [2.75, 3.05) is 4.90 Å². The first-order chi connectivity index (χ1) is 15.2. The first-order valence-electron chi connectivity index (χ1n) is 10.1. The molecule has 11 heteroatoms. The minimum atomic E-state index is -1.03. The van der Waals surface area contributed by atoms with E-state index >= 15 is 0 Å². The standard InChI is InChI=1S/C22H25ClFN5O4/c1-12-10-13(8-9-14(12)24)28-11-25-15-16(23)26-18(27-17(15)28)29(19(30)32-21(2,3)4)20(31)33-22(5,6)7/h8-11H,1-7H3. The minimum Gasteiger partial charge on any atom is -0.443 e. The molecule has 0 saturated carbocycles. The van der Waals surface area contributed by atoms with E-state index in [1.54, 1.807) is 65.2 Å². The van der Waals surface area contributed by atoms with Crippen molar-refractivity contribution in [3.8, 4) is 5.69 Å². The van der Waals surface area contributed by atoms with Gasteiger partial charge >= 0.3 is 12.2 Å². The van der Waals surface area contributed by atoms with Crippen LogP contribution in [0.15, 0.2) is 24.5 Å². The van der Waals surface area contributed by atoms with Gasteiger partial charge in [0.1, 0.15) is 28.9 Å². The number of fused-ring (bicyclic) bond motifs is 1. The largest absolute Gasteiger partial charge is 0.443 e. The number of nitrogens with zero attached hydrogens (tertiary/aromatic N) is 5. The molecule has 176 valence electrons. The first-order valence-corrected chi connectivity index (χ1v) is 10.5. The number of aryl methyl sites for hydroxylation is 1. The molecular weight excluding hydrogens is 453 g/mol. The zero-order valence-electron chi connectivity index (χ0n) is 19.4. The molecule has 2 heterocycles. The average Bonchev–Trinajstić information content (AvgIpc) is 3.05. The number of anilines is 1. The van der Waals surface area contributed by atoms with Crippen molar-refractivity contribution in [2.24, 2.45) is 0 Å². The van der Waals surface area contributed by atoms with E-state index in [2.05, 4.69) is 15.0 Å². The highest BCUT2D eigenvalue weighted by Gasteiger charge is 2.35. The predicted octanol–water partition coefficient (Wildman–Crippen LogP) is 5.59. The van der Waals surface area contributed by atoms with Gasteiger partial charge in [-0.25, -0.2) is 19.0 Å². The molecule has 0 aliphatic rings. The molecule has 0 unspecified atom stereocenters. The number of benzene rings is 1. The fourth-order valence-corrected chi connectivity index (χ4v) is 2.98. The van der Waals surface area contributed by atoms with Gasteiger partial charge in [-0.05, 0) is 72.2 Å². The second kappa shape index (κ2) is 8.58. The Labute approximate surface area is 195 Å². The Morgan fingerprint density at radius 3 is 2.12 bits per heavy atom. The lowest BCUT2D eigenvalue weighted by Gasteiger charge is -2.27. The normalized spacial score (nSPS) is 12.0. The molecule has 9 nitrogen and oxygen atoms in total. The molecule has 0 radical (unpaired) electrons. The number of carbonyl (C=O) groups is 2. The molecular formula is C22H25ClFN5O4. The van der Waals surface area contributed by atoms with Crippen molar-refractivity contribution in [1.29, 1.82) is 0 Å². The van der Waals surface area contributed by atoms with E-state index < -0.39 is 23.4 Å². The van der Waals surface area contributed by atoms with Crippen LogP contribution in [0.2, 0.25) is 5.15 Å². The van der Waals surface area contributed by atoms with Crippen LogP contribution < -0.4 is 4.90 Å². The molecule has 3 rings (SSSR count). The maximum absolute atomic E-state index is 13.8. The Bertz CT molecular complexity index is 1200. The summed E-state index contributed by atoms with van der Waals surface area (Å²) >= 11 is 6.32. The van der Waals surface area contributed by atoms with E-state index in [1.165, 1.54) is 12.4 Å². The SMILES string of the molecule is Cc1cc(-n2cnc3c(Cl)nc(N(C(=O)OC(C)(C)C)C(=O)OC(C)(C)C)nc32)ccc1F. The van der Waals surface area contributed by atoms with E-state index in [-0.39, 0.29) is 28.1 Å². The van der Waals surface area contributed by atoms with Crippen LogP contribution in [0.25, 0.3) is 16.9 Å². The number of hydrogen-bond donors (Lipinski definition) is 0. The summed E-state index contributed by atoms with van der Waals surface area (Å²) in [5, 5.41) is -0.0929. The van der Waals surface area contributed by atoms with E-state index in [4.69, 9.17) is 21.1 Å². The molecule has 0 fully saturated rings. The maximum atomic E-state index is 13.8. The second-order valence-electron chi connectivity index (χ2n) is 9.33. The molecule has 2 amide bonds. The highest BCUT2D eigenvalue weighted by molar-refractivity contribution is 6.33. The summed E-state index contributed by atoms with van der Waals surface area (Å²) in [5.74, 6) is -0.714. The van der Waals surface area contributed by atoms with Crippen molar-refractivity contribution in [1.82, 2.24) is 19.5 Å². The van der Waals surface area contributed by atoms with Crippen LogP contribution in [-0.4, -0.2) is 42.9 Å². The van der Waals surface area contributed by atoms with Gasteiger partial charge in [-0.1, -0.05) is 11.6 Å². The smallest absolute Gasteiger partial charge is 0.427 e. The molecule has 0 atom stereocenters. The zero-order chi connectivity index (χ0) is 24.7. The Morgan fingerprint density at radius 1 is 1.03 bits per heavy atom. The van der Waals surface area contributed by atoms with Gasteiger partial charge in [0, 0.05) is 5.69 Å². The Kier molecular flexibility index (Phi) is 6.34. The monoisotopic (exact) mass is 477 g/mol. The molecule has 0 aliphatic carbocycles. The van der Waals surface area contributed by atoms with Crippen molar-refractivity contribution in [2.45, 2.75) is 59.7 Å².